The Morgan fingerprint density at radius 2 is 1.78 bits per heavy atom. The fourth-order valence-electron chi connectivity index (χ4n) is 2.27. The lowest BCUT2D eigenvalue weighted by Crippen LogP contribution is -2.38. The van der Waals surface area contributed by atoms with Crippen LogP contribution in [0.15, 0.2) is 59.5 Å². The summed E-state index contributed by atoms with van der Waals surface area (Å²) in [6, 6.07) is 16.7. The van der Waals surface area contributed by atoms with E-state index in [0.29, 0.717) is 11.4 Å². The monoisotopic (exact) mass is 331 g/mol. The summed E-state index contributed by atoms with van der Waals surface area (Å²) < 4.78 is 13.7. The second-order valence-electron chi connectivity index (χ2n) is 5.48. The van der Waals surface area contributed by atoms with E-state index < -0.39 is 0 Å². The standard InChI is InChI=1S/C19H22FNOS/c1-3-15(2)21(13-16-9-5-4-6-10-16)19(22)14-23-18-12-8-7-11-17(18)20/h4-12,15H,3,13-14H2,1-2H3. The topological polar surface area (TPSA) is 20.3 Å². The second kappa shape index (κ2) is 8.73. The average Bonchev–Trinajstić information content (AvgIpc) is 2.59. The molecule has 0 fully saturated rings. The molecule has 1 atom stereocenters. The van der Waals surface area contributed by atoms with Crippen molar-refractivity contribution in [3.63, 3.8) is 0 Å². The van der Waals surface area contributed by atoms with Gasteiger partial charge in [-0.25, -0.2) is 4.39 Å². The molecule has 0 saturated heterocycles. The maximum Gasteiger partial charge on any atom is 0.233 e. The van der Waals surface area contributed by atoms with Gasteiger partial charge in [0.25, 0.3) is 0 Å². The molecule has 0 aliphatic carbocycles. The van der Waals surface area contributed by atoms with Crippen LogP contribution in [0.3, 0.4) is 0 Å². The smallest absolute Gasteiger partial charge is 0.233 e. The summed E-state index contributed by atoms with van der Waals surface area (Å²) in [6.45, 7) is 4.71. The summed E-state index contributed by atoms with van der Waals surface area (Å²) in [5.41, 5.74) is 1.11. The molecule has 2 nitrogen and oxygen atoms in total. The van der Waals surface area contributed by atoms with E-state index in [1.54, 1.807) is 18.2 Å². The zero-order chi connectivity index (χ0) is 16.7. The van der Waals surface area contributed by atoms with E-state index in [1.807, 2.05) is 35.2 Å². The molecule has 2 aromatic carbocycles. The summed E-state index contributed by atoms with van der Waals surface area (Å²) in [6.07, 6.45) is 0.892. The number of amides is 1. The molecule has 0 bridgehead atoms. The van der Waals surface area contributed by atoms with Crippen molar-refractivity contribution in [3.8, 4) is 0 Å². The Labute approximate surface area is 141 Å². The second-order valence-corrected chi connectivity index (χ2v) is 6.50. The first-order valence-electron chi connectivity index (χ1n) is 7.82. The first-order valence-corrected chi connectivity index (χ1v) is 8.81. The van der Waals surface area contributed by atoms with Gasteiger partial charge in [-0.1, -0.05) is 49.4 Å². The van der Waals surface area contributed by atoms with Gasteiger partial charge < -0.3 is 4.90 Å². The molecule has 0 radical (unpaired) electrons. The van der Waals surface area contributed by atoms with Gasteiger partial charge in [-0.05, 0) is 31.0 Å². The molecule has 1 unspecified atom stereocenters. The number of benzene rings is 2. The number of hydrogen-bond acceptors (Lipinski definition) is 2. The van der Waals surface area contributed by atoms with Gasteiger partial charge in [0.2, 0.25) is 5.91 Å². The summed E-state index contributed by atoms with van der Waals surface area (Å²) >= 11 is 1.26. The van der Waals surface area contributed by atoms with Crippen molar-refractivity contribution in [2.45, 2.75) is 37.8 Å². The van der Waals surface area contributed by atoms with Crippen LogP contribution in [-0.4, -0.2) is 22.6 Å². The van der Waals surface area contributed by atoms with Gasteiger partial charge in [-0.3, -0.25) is 4.79 Å². The summed E-state index contributed by atoms with van der Waals surface area (Å²) in [7, 11) is 0. The van der Waals surface area contributed by atoms with Crippen molar-refractivity contribution in [3.05, 3.63) is 66.0 Å². The van der Waals surface area contributed by atoms with E-state index in [0.717, 1.165) is 12.0 Å². The van der Waals surface area contributed by atoms with Crippen molar-refractivity contribution >= 4 is 17.7 Å². The minimum Gasteiger partial charge on any atom is -0.335 e. The predicted molar refractivity (Wildman–Crippen MR) is 93.9 cm³/mol. The quantitative estimate of drug-likeness (QED) is 0.683. The predicted octanol–water partition coefficient (Wildman–Crippen LogP) is 4.75. The Bertz CT molecular complexity index is 632. The Morgan fingerprint density at radius 1 is 1.13 bits per heavy atom. The fraction of sp³-hybridized carbons (Fsp3) is 0.316. The molecule has 2 aromatic rings. The van der Waals surface area contributed by atoms with Gasteiger partial charge in [0.05, 0.1) is 5.75 Å². The van der Waals surface area contributed by atoms with Crippen LogP contribution in [0.25, 0.3) is 0 Å². The number of halogens is 1. The minimum absolute atomic E-state index is 0.0384. The zero-order valence-electron chi connectivity index (χ0n) is 13.5. The lowest BCUT2D eigenvalue weighted by Gasteiger charge is -2.28. The van der Waals surface area contributed by atoms with E-state index in [9.17, 15) is 9.18 Å². The van der Waals surface area contributed by atoms with Crippen molar-refractivity contribution in [2.75, 3.05) is 5.75 Å². The first-order chi connectivity index (χ1) is 11.1. The third-order valence-corrected chi connectivity index (χ3v) is 4.86. The van der Waals surface area contributed by atoms with Crippen molar-refractivity contribution in [2.24, 2.45) is 0 Å². The van der Waals surface area contributed by atoms with E-state index >= 15 is 0 Å². The van der Waals surface area contributed by atoms with Gasteiger partial charge >= 0.3 is 0 Å². The summed E-state index contributed by atoms with van der Waals surface area (Å²) in [4.78, 5) is 15.0. The molecule has 0 aliphatic rings. The highest BCUT2D eigenvalue weighted by molar-refractivity contribution is 8.00. The van der Waals surface area contributed by atoms with Gasteiger partial charge in [-0.15, -0.1) is 11.8 Å². The molecular formula is C19H22FNOS. The number of hydrogen-bond donors (Lipinski definition) is 0. The molecule has 0 aromatic heterocycles. The third kappa shape index (κ3) is 5.10. The first kappa shape index (κ1) is 17.5. The van der Waals surface area contributed by atoms with Crippen molar-refractivity contribution in [1.29, 1.82) is 0 Å². The third-order valence-electron chi connectivity index (χ3n) is 3.83. The summed E-state index contributed by atoms with van der Waals surface area (Å²) in [5.74, 6) is 0.0119. The molecule has 0 N–H and O–H groups in total. The Balaban J connectivity index is 2.03. The van der Waals surface area contributed by atoms with Crippen LogP contribution in [0.2, 0.25) is 0 Å². The number of thioether (sulfide) groups is 1. The molecule has 0 heterocycles. The number of carbonyl (C=O) groups excluding carboxylic acids is 1. The largest absolute Gasteiger partial charge is 0.335 e. The van der Waals surface area contributed by atoms with Crippen molar-refractivity contribution < 1.29 is 9.18 Å². The van der Waals surface area contributed by atoms with Gasteiger partial charge in [0.15, 0.2) is 0 Å². The molecule has 2 rings (SSSR count). The van der Waals surface area contributed by atoms with Crippen LogP contribution >= 0.6 is 11.8 Å². The van der Waals surface area contributed by atoms with Crippen LogP contribution in [-0.2, 0) is 11.3 Å². The number of rotatable bonds is 7. The van der Waals surface area contributed by atoms with E-state index in [2.05, 4.69) is 13.8 Å². The van der Waals surface area contributed by atoms with Gasteiger partial charge in [0.1, 0.15) is 5.82 Å². The minimum atomic E-state index is -0.275. The highest BCUT2D eigenvalue weighted by Gasteiger charge is 2.19. The van der Waals surface area contributed by atoms with E-state index in [4.69, 9.17) is 0 Å². The van der Waals surface area contributed by atoms with Crippen molar-refractivity contribution in [1.82, 2.24) is 4.90 Å². The van der Waals surface area contributed by atoms with Crippen LogP contribution in [0, 0.1) is 5.82 Å². The number of carbonyl (C=O) groups is 1. The Morgan fingerprint density at radius 3 is 2.43 bits per heavy atom. The maximum atomic E-state index is 13.7. The highest BCUT2D eigenvalue weighted by atomic mass is 32.2. The average molecular weight is 331 g/mol. The molecule has 23 heavy (non-hydrogen) atoms. The van der Waals surface area contributed by atoms with Gasteiger partial charge in [-0.2, -0.15) is 0 Å². The maximum absolute atomic E-state index is 13.7. The van der Waals surface area contributed by atoms with E-state index in [1.165, 1.54) is 17.8 Å². The molecule has 4 heteroatoms. The molecule has 0 spiro atoms. The molecule has 1 amide bonds. The molecule has 122 valence electrons. The zero-order valence-corrected chi connectivity index (χ0v) is 14.4. The number of nitrogens with zero attached hydrogens (tertiary/aromatic N) is 1. The molecular weight excluding hydrogens is 309 g/mol. The normalized spacial score (nSPS) is 12.0. The Kier molecular flexibility index (Phi) is 6.66. The van der Waals surface area contributed by atoms with E-state index in [-0.39, 0.29) is 23.5 Å². The highest BCUT2D eigenvalue weighted by Crippen LogP contribution is 2.22. The summed E-state index contributed by atoms with van der Waals surface area (Å²) in [5, 5.41) is 0. The lowest BCUT2D eigenvalue weighted by atomic mass is 10.1. The Hall–Kier alpha value is -1.81. The molecule has 0 aliphatic heterocycles. The van der Waals surface area contributed by atoms with Gasteiger partial charge in [0, 0.05) is 17.5 Å². The SMILES string of the molecule is CCC(C)N(Cc1ccccc1)C(=O)CSc1ccccc1F. The molecule has 0 saturated carbocycles. The lowest BCUT2D eigenvalue weighted by molar-refractivity contribution is -0.131. The van der Waals surface area contributed by atoms with Crippen LogP contribution < -0.4 is 0 Å². The fourth-order valence-corrected chi connectivity index (χ4v) is 3.10. The van der Waals surface area contributed by atoms with Crippen LogP contribution in [0.1, 0.15) is 25.8 Å². The van der Waals surface area contributed by atoms with Crippen LogP contribution in [0.5, 0.6) is 0 Å². The van der Waals surface area contributed by atoms with Crippen LogP contribution in [0.4, 0.5) is 4.39 Å².